The van der Waals surface area contributed by atoms with Crippen LogP contribution in [0.15, 0.2) is 59.4 Å². The largest absolute Gasteiger partial charge is 0.383 e. The predicted octanol–water partition coefficient (Wildman–Crippen LogP) is 3.41. The lowest BCUT2D eigenvalue weighted by molar-refractivity contribution is -0.123. The van der Waals surface area contributed by atoms with Crippen molar-refractivity contribution < 1.29 is 9.53 Å². The van der Waals surface area contributed by atoms with Gasteiger partial charge in [-0.2, -0.15) is 0 Å². The molecule has 0 spiro atoms. The summed E-state index contributed by atoms with van der Waals surface area (Å²) in [6, 6.07) is 16.6. The number of amides is 1. The maximum atomic E-state index is 13.0. The van der Waals surface area contributed by atoms with Gasteiger partial charge in [-0.1, -0.05) is 49.4 Å². The third kappa shape index (κ3) is 4.54. The Morgan fingerprint density at radius 3 is 2.52 bits per heavy atom. The Kier molecular flexibility index (Phi) is 6.77. The molecule has 0 bridgehead atoms. The second kappa shape index (κ2) is 9.47. The van der Waals surface area contributed by atoms with Crippen LogP contribution in [0.25, 0.3) is 10.9 Å². The molecule has 1 amide bonds. The third-order valence-electron chi connectivity index (χ3n) is 5.08. The third-order valence-corrected chi connectivity index (χ3v) is 5.08. The molecule has 0 saturated carbocycles. The van der Waals surface area contributed by atoms with Gasteiger partial charge >= 0.3 is 0 Å². The molecule has 1 N–H and O–H groups in total. The molecule has 0 radical (unpaired) electrons. The zero-order chi connectivity index (χ0) is 20.8. The van der Waals surface area contributed by atoms with E-state index in [1.807, 2.05) is 62.4 Å². The SMILES string of the molecule is CC[C@@H](C(=O)N[C@H](C)c1nc2ccccc2c(=O)n1CCOC)c1ccccc1. The molecule has 0 fully saturated rings. The Bertz CT molecular complexity index is 1030. The number of ether oxygens (including phenoxy) is 1. The van der Waals surface area contributed by atoms with E-state index in [9.17, 15) is 9.59 Å². The fourth-order valence-corrected chi connectivity index (χ4v) is 3.55. The summed E-state index contributed by atoms with van der Waals surface area (Å²) in [5.74, 6) is 0.201. The maximum absolute atomic E-state index is 13.0. The van der Waals surface area contributed by atoms with Crippen molar-refractivity contribution in [1.82, 2.24) is 14.9 Å². The van der Waals surface area contributed by atoms with Crippen molar-refractivity contribution in [2.45, 2.75) is 38.8 Å². The molecule has 2 atom stereocenters. The molecule has 3 rings (SSSR count). The molecule has 6 nitrogen and oxygen atoms in total. The highest BCUT2D eigenvalue weighted by Gasteiger charge is 2.23. The van der Waals surface area contributed by atoms with E-state index in [2.05, 4.69) is 5.32 Å². The molecule has 29 heavy (non-hydrogen) atoms. The molecule has 0 saturated heterocycles. The van der Waals surface area contributed by atoms with Crippen LogP contribution in [0.3, 0.4) is 0 Å². The van der Waals surface area contributed by atoms with Crippen molar-refractivity contribution in [3.05, 3.63) is 76.3 Å². The number of methoxy groups -OCH3 is 1. The van der Waals surface area contributed by atoms with Crippen LogP contribution in [0.4, 0.5) is 0 Å². The predicted molar refractivity (Wildman–Crippen MR) is 114 cm³/mol. The first-order valence-electron chi connectivity index (χ1n) is 9.90. The smallest absolute Gasteiger partial charge is 0.261 e. The number of nitrogens with zero attached hydrogens (tertiary/aromatic N) is 2. The van der Waals surface area contributed by atoms with Gasteiger partial charge < -0.3 is 10.1 Å². The van der Waals surface area contributed by atoms with E-state index < -0.39 is 6.04 Å². The summed E-state index contributed by atoms with van der Waals surface area (Å²) in [5.41, 5.74) is 1.47. The monoisotopic (exact) mass is 393 g/mol. The number of aromatic nitrogens is 2. The molecule has 1 heterocycles. The molecule has 6 heteroatoms. The lowest BCUT2D eigenvalue weighted by Crippen LogP contribution is -2.36. The first-order valence-corrected chi connectivity index (χ1v) is 9.90. The van der Waals surface area contributed by atoms with Crippen LogP contribution >= 0.6 is 0 Å². The number of para-hydroxylation sites is 1. The summed E-state index contributed by atoms with van der Waals surface area (Å²) in [6.07, 6.45) is 0.685. The number of carbonyl (C=O) groups is 1. The lowest BCUT2D eigenvalue weighted by Gasteiger charge is -2.22. The summed E-state index contributed by atoms with van der Waals surface area (Å²) in [7, 11) is 1.59. The molecule has 0 aliphatic carbocycles. The Hall–Kier alpha value is -2.99. The van der Waals surface area contributed by atoms with Crippen LogP contribution in [-0.2, 0) is 16.1 Å². The van der Waals surface area contributed by atoms with Crippen LogP contribution < -0.4 is 10.9 Å². The number of benzene rings is 2. The zero-order valence-corrected chi connectivity index (χ0v) is 17.1. The standard InChI is InChI=1S/C23H27N3O3/c1-4-18(17-10-6-5-7-11-17)22(27)24-16(2)21-25-20-13-9-8-12-19(20)23(28)26(21)14-15-29-3/h5-13,16,18H,4,14-15H2,1-3H3,(H,24,27)/t16-,18-/m1/s1. The summed E-state index contributed by atoms with van der Waals surface area (Å²) >= 11 is 0. The average Bonchev–Trinajstić information content (AvgIpc) is 2.74. The van der Waals surface area contributed by atoms with Crippen LogP contribution in [0.1, 0.15) is 43.6 Å². The molecule has 152 valence electrons. The van der Waals surface area contributed by atoms with Crippen molar-refractivity contribution >= 4 is 16.8 Å². The number of nitrogens with one attached hydrogen (secondary N) is 1. The minimum atomic E-state index is -0.422. The van der Waals surface area contributed by atoms with E-state index in [0.717, 1.165) is 5.56 Å². The number of carbonyl (C=O) groups excluding carboxylic acids is 1. The van der Waals surface area contributed by atoms with E-state index >= 15 is 0 Å². The van der Waals surface area contributed by atoms with Gasteiger partial charge in [-0.15, -0.1) is 0 Å². The van der Waals surface area contributed by atoms with Gasteiger partial charge in [-0.25, -0.2) is 4.98 Å². The molecule has 2 aromatic carbocycles. The molecule has 0 aliphatic rings. The summed E-state index contributed by atoms with van der Waals surface area (Å²) in [6.45, 7) is 4.61. The summed E-state index contributed by atoms with van der Waals surface area (Å²) in [5, 5.41) is 3.61. The van der Waals surface area contributed by atoms with Gasteiger partial charge in [0.1, 0.15) is 5.82 Å². The van der Waals surface area contributed by atoms with Crippen molar-refractivity contribution in [3.8, 4) is 0 Å². The van der Waals surface area contributed by atoms with Crippen molar-refractivity contribution in [3.63, 3.8) is 0 Å². The molecule has 0 unspecified atom stereocenters. The summed E-state index contributed by atoms with van der Waals surface area (Å²) < 4.78 is 6.76. The van der Waals surface area contributed by atoms with E-state index in [4.69, 9.17) is 9.72 Å². The van der Waals surface area contributed by atoms with Gasteiger partial charge in [0.2, 0.25) is 5.91 Å². The minimum absolute atomic E-state index is 0.0769. The van der Waals surface area contributed by atoms with Gasteiger partial charge in [0, 0.05) is 7.11 Å². The quantitative estimate of drug-likeness (QED) is 0.636. The second-order valence-corrected chi connectivity index (χ2v) is 7.04. The Labute approximate surface area is 170 Å². The van der Waals surface area contributed by atoms with Gasteiger partial charge in [0.15, 0.2) is 0 Å². The van der Waals surface area contributed by atoms with E-state index in [0.29, 0.717) is 36.3 Å². The summed E-state index contributed by atoms with van der Waals surface area (Å²) in [4.78, 5) is 30.7. The number of rotatable bonds is 8. The molecular weight excluding hydrogens is 366 g/mol. The van der Waals surface area contributed by atoms with Crippen LogP contribution in [0.2, 0.25) is 0 Å². The van der Waals surface area contributed by atoms with Crippen molar-refractivity contribution in [2.75, 3.05) is 13.7 Å². The van der Waals surface area contributed by atoms with E-state index in [-0.39, 0.29) is 17.4 Å². The van der Waals surface area contributed by atoms with Gasteiger partial charge in [-0.3, -0.25) is 14.2 Å². The number of hydrogen-bond acceptors (Lipinski definition) is 4. The molecular formula is C23H27N3O3. The van der Waals surface area contributed by atoms with Crippen LogP contribution in [-0.4, -0.2) is 29.2 Å². The average molecular weight is 393 g/mol. The first-order chi connectivity index (χ1) is 14.1. The topological polar surface area (TPSA) is 73.2 Å². The molecule has 1 aromatic heterocycles. The van der Waals surface area contributed by atoms with Crippen molar-refractivity contribution in [1.29, 1.82) is 0 Å². The number of hydrogen-bond donors (Lipinski definition) is 1. The zero-order valence-electron chi connectivity index (χ0n) is 17.1. The minimum Gasteiger partial charge on any atom is -0.383 e. The second-order valence-electron chi connectivity index (χ2n) is 7.04. The van der Waals surface area contributed by atoms with Crippen LogP contribution in [0, 0.1) is 0 Å². The first kappa shape index (κ1) is 20.7. The van der Waals surface area contributed by atoms with E-state index in [1.165, 1.54) is 0 Å². The Morgan fingerprint density at radius 1 is 1.14 bits per heavy atom. The fraction of sp³-hybridized carbons (Fsp3) is 0.348. The lowest BCUT2D eigenvalue weighted by atomic mass is 9.95. The van der Waals surface area contributed by atoms with E-state index in [1.54, 1.807) is 17.7 Å². The van der Waals surface area contributed by atoms with Crippen molar-refractivity contribution in [2.24, 2.45) is 0 Å². The van der Waals surface area contributed by atoms with Gasteiger partial charge in [0.25, 0.3) is 5.56 Å². The highest BCUT2D eigenvalue weighted by atomic mass is 16.5. The molecule has 3 aromatic rings. The Balaban J connectivity index is 1.94. The highest BCUT2D eigenvalue weighted by Crippen LogP contribution is 2.21. The number of fused-ring (bicyclic) bond motifs is 1. The van der Waals surface area contributed by atoms with Crippen LogP contribution in [0.5, 0.6) is 0 Å². The fourth-order valence-electron chi connectivity index (χ4n) is 3.55. The van der Waals surface area contributed by atoms with Gasteiger partial charge in [0.05, 0.1) is 36.0 Å². The highest BCUT2D eigenvalue weighted by molar-refractivity contribution is 5.84. The normalized spacial score (nSPS) is 13.2. The Morgan fingerprint density at radius 2 is 1.83 bits per heavy atom. The maximum Gasteiger partial charge on any atom is 0.261 e. The molecule has 0 aliphatic heterocycles. The van der Waals surface area contributed by atoms with Gasteiger partial charge in [-0.05, 0) is 31.0 Å².